The summed E-state index contributed by atoms with van der Waals surface area (Å²) in [6, 6.07) is 9.53. The molecule has 4 heterocycles. The monoisotopic (exact) mass is 343 g/mol. The fourth-order valence-corrected chi connectivity index (χ4v) is 2.69. The van der Waals surface area contributed by atoms with Crippen molar-refractivity contribution in [3.8, 4) is 11.6 Å². The Morgan fingerprint density at radius 3 is 2.96 bits per heavy atom. The van der Waals surface area contributed by atoms with Crippen LogP contribution in [0.1, 0.15) is 6.42 Å². The third-order valence-electron chi connectivity index (χ3n) is 3.88. The lowest BCUT2D eigenvalue weighted by molar-refractivity contribution is 0.543. The number of aromatic nitrogens is 4. The molecule has 126 valence electrons. The summed E-state index contributed by atoms with van der Waals surface area (Å²) in [4.78, 5) is 17.5. The van der Waals surface area contributed by atoms with Gasteiger partial charge in [-0.05, 0) is 36.8 Å². The molecule has 5 rings (SSSR count). The SMILES string of the molecule is C1=CCC=c2nc(Nc3cccc(-c4nc5ncccc5o4)n3)oc2=C1. The Morgan fingerprint density at radius 2 is 2.00 bits per heavy atom. The second kappa shape index (κ2) is 5.96. The fraction of sp³-hybridized carbons (Fsp3) is 0.0526. The minimum Gasteiger partial charge on any atom is -0.433 e. The molecule has 0 unspecified atom stereocenters. The van der Waals surface area contributed by atoms with Crippen molar-refractivity contribution in [2.45, 2.75) is 6.42 Å². The van der Waals surface area contributed by atoms with Crippen molar-refractivity contribution in [3.05, 3.63) is 59.4 Å². The molecule has 0 atom stereocenters. The summed E-state index contributed by atoms with van der Waals surface area (Å²) in [5.41, 5.74) is 2.50. The highest BCUT2D eigenvalue weighted by molar-refractivity contribution is 5.71. The molecule has 0 fully saturated rings. The van der Waals surface area contributed by atoms with Crippen molar-refractivity contribution in [1.29, 1.82) is 0 Å². The highest BCUT2D eigenvalue weighted by atomic mass is 16.4. The lowest BCUT2D eigenvalue weighted by Crippen LogP contribution is -2.20. The molecule has 7 nitrogen and oxygen atoms in total. The second-order valence-corrected chi connectivity index (χ2v) is 5.68. The van der Waals surface area contributed by atoms with E-state index in [4.69, 9.17) is 8.83 Å². The van der Waals surface area contributed by atoms with Crippen molar-refractivity contribution in [2.75, 3.05) is 5.32 Å². The van der Waals surface area contributed by atoms with E-state index >= 15 is 0 Å². The molecule has 26 heavy (non-hydrogen) atoms. The summed E-state index contributed by atoms with van der Waals surface area (Å²) in [7, 11) is 0. The van der Waals surface area contributed by atoms with Crippen LogP contribution in [0, 0.1) is 0 Å². The van der Waals surface area contributed by atoms with Crippen LogP contribution >= 0.6 is 0 Å². The Kier molecular flexibility index (Phi) is 3.35. The summed E-state index contributed by atoms with van der Waals surface area (Å²) >= 11 is 0. The number of allylic oxidation sites excluding steroid dienone is 2. The molecule has 1 aliphatic carbocycles. The molecule has 0 amide bonds. The van der Waals surface area contributed by atoms with Gasteiger partial charge in [0, 0.05) is 6.20 Å². The first-order chi connectivity index (χ1) is 12.8. The number of rotatable bonds is 3. The van der Waals surface area contributed by atoms with Crippen LogP contribution < -0.4 is 16.1 Å². The Bertz CT molecular complexity index is 1220. The van der Waals surface area contributed by atoms with Gasteiger partial charge >= 0.3 is 6.01 Å². The Balaban J connectivity index is 1.49. The first kappa shape index (κ1) is 14.6. The predicted octanol–water partition coefficient (Wildman–Crippen LogP) is 2.54. The molecule has 0 saturated carbocycles. The molecule has 0 saturated heterocycles. The van der Waals surface area contributed by atoms with E-state index in [2.05, 4.69) is 25.3 Å². The standard InChI is InChI=1S/C19H13N5O2/c1-2-6-12-14(8-3-1)26-19(22-12)23-16-10-4-7-13(21-16)18-24-17-15(25-18)9-5-11-20-17/h1,3-11H,2H2,(H,21,22,23). The highest BCUT2D eigenvalue weighted by Gasteiger charge is 2.11. The van der Waals surface area contributed by atoms with Crippen molar-refractivity contribution in [1.82, 2.24) is 19.9 Å². The first-order valence-electron chi connectivity index (χ1n) is 8.15. The average Bonchev–Trinajstić information content (AvgIpc) is 3.20. The molecule has 1 N–H and O–H groups in total. The minimum absolute atomic E-state index is 0.390. The van der Waals surface area contributed by atoms with E-state index in [-0.39, 0.29) is 0 Å². The van der Waals surface area contributed by atoms with E-state index < -0.39 is 0 Å². The lowest BCUT2D eigenvalue weighted by atomic mass is 10.3. The summed E-state index contributed by atoms with van der Waals surface area (Å²) in [5.74, 6) is 1.00. The number of anilines is 2. The van der Waals surface area contributed by atoms with Crippen molar-refractivity contribution in [2.24, 2.45) is 0 Å². The van der Waals surface area contributed by atoms with Gasteiger partial charge in [-0.15, -0.1) is 0 Å². The molecule has 0 aliphatic heterocycles. The van der Waals surface area contributed by atoms with E-state index in [0.29, 0.717) is 34.6 Å². The van der Waals surface area contributed by atoms with Crippen LogP contribution in [-0.2, 0) is 0 Å². The van der Waals surface area contributed by atoms with Gasteiger partial charge in [0.2, 0.25) is 5.89 Å². The number of oxazole rings is 2. The molecular weight excluding hydrogens is 330 g/mol. The van der Waals surface area contributed by atoms with Gasteiger partial charge < -0.3 is 8.83 Å². The predicted molar refractivity (Wildman–Crippen MR) is 96.8 cm³/mol. The van der Waals surface area contributed by atoms with Crippen LogP contribution in [0.5, 0.6) is 0 Å². The smallest absolute Gasteiger partial charge is 0.301 e. The third-order valence-corrected chi connectivity index (χ3v) is 3.88. The number of hydrogen-bond acceptors (Lipinski definition) is 7. The topological polar surface area (TPSA) is 89.9 Å². The van der Waals surface area contributed by atoms with Gasteiger partial charge in [-0.25, -0.2) is 9.97 Å². The Morgan fingerprint density at radius 1 is 1.00 bits per heavy atom. The van der Waals surface area contributed by atoms with Crippen molar-refractivity contribution in [3.63, 3.8) is 0 Å². The zero-order valence-electron chi connectivity index (χ0n) is 13.6. The number of fused-ring (bicyclic) bond motifs is 2. The Hall–Kier alpha value is -3.74. The molecule has 1 aliphatic rings. The average molecular weight is 343 g/mol. The van der Waals surface area contributed by atoms with Gasteiger partial charge in [-0.2, -0.15) is 9.97 Å². The molecule has 0 spiro atoms. The molecule has 0 radical (unpaired) electrons. The maximum Gasteiger partial charge on any atom is 0.301 e. The third kappa shape index (κ3) is 2.65. The van der Waals surface area contributed by atoms with E-state index in [9.17, 15) is 0 Å². The zero-order valence-corrected chi connectivity index (χ0v) is 13.6. The maximum absolute atomic E-state index is 5.73. The van der Waals surface area contributed by atoms with E-state index in [1.54, 1.807) is 12.3 Å². The molecule has 4 aromatic rings. The molecule has 0 aromatic carbocycles. The molecule has 7 heteroatoms. The number of nitrogens with one attached hydrogen (secondary N) is 1. The lowest BCUT2D eigenvalue weighted by Gasteiger charge is -2.01. The zero-order chi connectivity index (χ0) is 17.3. The summed E-state index contributed by atoms with van der Waals surface area (Å²) in [6.45, 7) is 0. The molecular formula is C19H13N5O2. The maximum atomic E-state index is 5.73. The minimum atomic E-state index is 0.390. The molecule has 4 aromatic heterocycles. The number of pyridine rings is 2. The van der Waals surface area contributed by atoms with E-state index in [1.165, 1.54) is 0 Å². The fourth-order valence-electron chi connectivity index (χ4n) is 2.69. The van der Waals surface area contributed by atoms with Gasteiger partial charge in [0.05, 0.1) is 0 Å². The van der Waals surface area contributed by atoms with Crippen molar-refractivity contribution >= 4 is 35.2 Å². The van der Waals surface area contributed by atoms with E-state index in [0.717, 1.165) is 17.2 Å². The normalized spacial score (nSPS) is 12.9. The van der Waals surface area contributed by atoms with Gasteiger partial charge in [-0.1, -0.05) is 24.3 Å². The van der Waals surface area contributed by atoms with Gasteiger partial charge in [0.15, 0.2) is 16.6 Å². The van der Waals surface area contributed by atoms with Crippen LogP contribution in [0.25, 0.3) is 35.0 Å². The van der Waals surface area contributed by atoms with Crippen LogP contribution in [0.3, 0.4) is 0 Å². The Labute approximate surface area is 147 Å². The van der Waals surface area contributed by atoms with Gasteiger partial charge in [0.1, 0.15) is 16.9 Å². The highest BCUT2D eigenvalue weighted by Crippen LogP contribution is 2.23. The van der Waals surface area contributed by atoms with Crippen LogP contribution in [0.4, 0.5) is 11.8 Å². The van der Waals surface area contributed by atoms with Crippen LogP contribution in [0.2, 0.25) is 0 Å². The quantitative estimate of drug-likeness (QED) is 0.611. The second-order valence-electron chi connectivity index (χ2n) is 5.68. The first-order valence-corrected chi connectivity index (χ1v) is 8.15. The largest absolute Gasteiger partial charge is 0.433 e. The summed E-state index contributed by atoms with van der Waals surface area (Å²) < 4.78 is 11.5. The van der Waals surface area contributed by atoms with Gasteiger partial charge in [0.25, 0.3) is 0 Å². The summed E-state index contributed by atoms with van der Waals surface area (Å²) in [5, 5.41) is 3.91. The van der Waals surface area contributed by atoms with Crippen molar-refractivity contribution < 1.29 is 8.83 Å². The number of hydrogen-bond donors (Lipinski definition) is 1. The number of nitrogens with zero attached hydrogens (tertiary/aromatic N) is 4. The van der Waals surface area contributed by atoms with Gasteiger partial charge in [-0.3, -0.25) is 5.32 Å². The van der Waals surface area contributed by atoms with Crippen LogP contribution in [-0.4, -0.2) is 19.9 Å². The molecule has 0 bridgehead atoms. The summed E-state index contributed by atoms with van der Waals surface area (Å²) in [6.07, 6.45) is 10.4. The van der Waals surface area contributed by atoms with Crippen LogP contribution in [0.15, 0.2) is 57.5 Å². The van der Waals surface area contributed by atoms with E-state index in [1.807, 2.05) is 48.6 Å².